The molecule has 0 unspecified atom stereocenters. The van der Waals surface area contributed by atoms with E-state index in [1.54, 1.807) is 0 Å². The van der Waals surface area contributed by atoms with Gasteiger partial charge < -0.3 is 4.74 Å². The van der Waals surface area contributed by atoms with Crippen LogP contribution < -0.4 is 4.74 Å². The molecule has 0 heterocycles. The highest BCUT2D eigenvalue weighted by molar-refractivity contribution is 6.43. The molecule has 0 aliphatic carbocycles. The fraction of sp³-hybridized carbons (Fsp3) is 0.0714. The van der Waals surface area contributed by atoms with Crippen LogP contribution in [0.3, 0.4) is 0 Å². The summed E-state index contributed by atoms with van der Waals surface area (Å²) in [5.74, 6) is -3.14. The number of esters is 1. The number of alkyl halides is 3. The van der Waals surface area contributed by atoms with E-state index in [-0.39, 0.29) is 15.8 Å². The largest absolute Gasteiger partial charge is 0.421 e. The molecule has 0 fully saturated rings. The Morgan fingerprint density at radius 1 is 1.05 bits per heavy atom. The predicted molar refractivity (Wildman–Crippen MR) is 72.8 cm³/mol. The smallest absolute Gasteiger partial charge is 0.417 e. The van der Waals surface area contributed by atoms with E-state index in [1.165, 1.54) is 18.2 Å². The monoisotopic (exact) mass is 352 g/mol. The summed E-state index contributed by atoms with van der Waals surface area (Å²) in [4.78, 5) is 11.9. The highest BCUT2D eigenvalue weighted by Crippen LogP contribution is 2.35. The molecule has 0 saturated carbocycles. The maximum absolute atomic E-state index is 13.7. The average molecular weight is 353 g/mol. The van der Waals surface area contributed by atoms with E-state index in [2.05, 4.69) is 0 Å². The van der Waals surface area contributed by atoms with Gasteiger partial charge >= 0.3 is 12.1 Å². The quantitative estimate of drug-likeness (QED) is 0.412. The molecule has 2 nitrogen and oxygen atoms in total. The zero-order valence-electron chi connectivity index (χ0n) is 10.5. The van der Waals surface area contributed by atoms with E-state index in [9.17, 15) is 22.4 Å². The minimum atomic E-state index is -4.91. The molecule has 22 heavy (non-hydrogen) atoms. The maximum Gasteiger partial charge on any atom is 0.417 e. The van der Waals surface area contributed by atoms with E-state index in [4.69, 9.17) is 27.9 Å². The third-order valence-corrected chi connectivity index (χ3v) is 3.44. The molecule has 0 bridgehead atoms. The number of rotatable bonds is 2. The van der Waals surface area contributed by atoms with Crippen LogP contribution in [0.5, 0.6) is 5.75 Å². The second-order valence-corrected chi connectivity index (χ2v) is 4.89. The maximum atomic E-state index is 13.7. The van der Waals surface area contributed by atoms with Crippen molar-refractivity contribution in [2.45, 2.75) is 6.18 Å². The lowest BCUT2D eigenvalue weighted by Gasteiger charge is -2.13. The molecule has 2 rings (SSSR count). The zero-order valence-corrected chi connectivity index (χ0v) is 12.1. The Balaban J connectivity index is 2.45. The van der Waals surface area contributed by atoms with Crippen molar-refractivity contribution >= 4 is 29.2 Å². The summed E-state index contributed by atoms with van der Waals surface area (Å²) in [5, 5.41) is -0.126. The van der Waals surface area contributed by atoms with E-state index in [1.807, 2.05) is 0 Å². The van der Waals surface area contributed by atoms with Crippen molar-refractivity contribution in [3.8, 4) is 5.75 Å². The summed E-state index contributed by atoms with van der Waals surface area (Å²) in [7, 11) is 0. The van der Waals surface area contributed by atoms with E-state index in [0.717, 1.165) is 12.1 Å². The molecular weight excluding hydrogens is 347 g/mol. The van der Waals surface area contributed by atoms with Crippen LogP contribution in [0, 0.1) is 5.82 Å². The molecule has 0 spiro atoms. The van der Waals surface area contributed by atoms with Gasteiger partial charge in [-0.3, -0.25) is 0 Å². The van der Waals surface area contributed by atoms with Gasteiger partial charge in [-0.1, -0.05) is 35.3 Å². The molecule has 0 saturated heterocycles. The van der Waals surface area contributed by atoms with Crippen LogP contribution in [0.1, 0.15) is 15.9 Å². The summed E-state index contributed by atoms with van der Waals surface area (Å²) < 4.78 is 56.9. The molecule has 0 radical (unpaired) electrons. The number of hydrogen-bond donors (Lipinski definition) is 0. The van der Waals surface area contributed by atoms with E-state index >= 15 is 0 Å². The van der Waals surface area contributed by atoms with Gasteiger partial charge in [-0.25, -0.2) is 9.18 Å². The molecule has 0 N–H and O–H groups in total. The molecular formula is C14H6Cl2F4O2. The first-order valence-corrected chi connectivity index (χ1v) is 6.49. The third-order valence-electron chi connectivity index (χ3n) is 2.64. The van der Waals surface area contributed by atoms with Crippen molar-refractivity contribution < 1.29 is 27.1 Å². The van der Waals surface area contributed by atoms with Crippen LogP contribution in [-0.4, -0.2) is 5.97 Å². The van der Waals surface area contributed by atoms with Crippen LogP contribution in [0.2, 0.25) is 10.0 Å². The van der Waals surface area contributed by atoms with Crippen LogP contribution >= 0.6 is 23.2 Å². The van der Waals surface area contributed by atoms with Crippen LogP contribution in [0.15, 0.2) is 36.4 Å². The van der Waals surface area contributed by atoms with Crippen LogP contribution in [-0.2, 0) is 6.18 Å². The molecule has 0 atom stereocenters. The molecule has 0 aliphatic heterocycles. The van der Waals surface area contributed by atoms with Gasteiger partial charge in [0.2, 0.25) is 0 Å². The number of halogens is 6. The first-order chi connectivity index (χ1) is 10.2. The van der Waals surface area contributed by atoms with Crippen molar-refractivity contribution in [3.63, 3.8) is 0 Å². The molecule has 116 valence electrons. The Labute approximate surface area is 132 Å². The van der Waals surface area contributed by atoms with Gasteiger partial charge in [0.25, 0.3) is 0 Å². The topological polar surface area (TPSA) is 26.3 Å². The Hall–Kier alpha value is -1.79. The lowest BCUT2D eigenvalue weighted by Crippen LogP contribution is -2.19. The van der Waals surface area contributed by atoms with Crippen LogP contribution in [0.25, 0.3) is 0 Å². The van der Waals surface area contributed by atoms with E-state index < -0.39 is 29.1 Å². The minimum Gasteiger partial charge on any atom is -0.421 e. The van der Waals surface area contributed by atoms with Gasteiger partial charge in [-0.05, 0) is 24.3 Å². The van der Waals surface area contributed by atoms with Crippen molar-refractivity contribution in [1.29, 1.82) is 0 Å². The minimum absolute atomic E-state index is 0.0385. The normalized spacial score (nSPS) is 11.4. The van der Waals surface area contributed by atoms with Crippen LogP contribution in [0.4, 0.5) is 17.6 Å². The molecule has 8 heteroatoms. The lowest BCUT2D eigenvalue weighted by atomic mass is 10.1. The van der Waals surface area contributed by atoms with Gasteiger partial charge in [-0.15, -0.1) is 0 Å². The second-order valence-electron chi connectivity index (χ2n) is 4.10. The van der Waals surface area contributed by atoms with Gasteiger partial charge in [0.1, 0.15) is 16.4 Å². The predicted octanol–water partition coefficient (Wildman–Crippen LogP) is 5.37. The van der Waals surface area contributed by atoms with Gasteiger partial charge in [0.15, 0.2) is 5.75 Å². The first-order valence-electron chi connectivity index (χ1n) is 5.73. The highest BCUT2D eigenvalue weighted by atomic mass is 35.5. The number of hydrogen-bond acceptors (Lipinski definition) is 2. The Morgan fingerprint density at radius 2 is 1.68 bits per heavy atom. The van der Waals surface area contributed by atoms with Crippen molar-refractivity contribution in [1.82, 2.24) is 0 Å². The zero-order chi connectivity index (χ0) is 16.5. The molecule has 2 aromatic rings. The SMILES string of the molecule is O=C(Oc1cccc(Cl)c1Cl)c1c(F)cccc1C(F)(F)F. The summed E-state index contributed by atoms with van der Waals surface area (Å²) in [6, 6.07) is 6.15. The van der Waals surface area contributed by atoms with Gasteiger partial charge in [0.05, 0.1) is 10.6 Å². The molecule has 0 aliphatic rings. The van der Waals surface area contributed by atoms with Crippen molar-refractivity contribution in [3.05, 3.63) is 63.4 Å². The Morgan fingerprint density at radius 3 is 2.32 bits per heavy atom. The fourth-order valence-electron chi connectivity index (χ4n) is 1.68. The summed E-state index contributed by atoms with van der Waals surface area (Å²) in [5.41, 5.74) is -2.65. The molecule has 0 amide bonds. The van der Waals surface area contributed by atoms with Gasteiger partial charge in [0, 0.05) is 0 Å². The van der Waals surface area contributed by atoms with Crippen molar-refractivity contribution in [2.75, 3.05) is 0 Å². The molecule has 2 aromatic carbocycles. The fourth-order valence-corrected chi connectivity index (χ4v) is 2.01. The summed E-state index contributed by atoms with van der Waals surface area (Å²) in [6.07, 6.45) is -4.91. The summed E-state index contributed by atoms with van der Waals surface area (Å²) in [6.45, 7) is 0. The Kier molecular flexibility index (Phi) is 4.63. The Bertz CT molecular complexity index is 729. The average Bonchev–Trinajstić information content (AvgIpc) is 2.42. The highest BCUT2D eigenvalue weighted by Gasteiger charge is 2.37. The second kappa shape index (κ2) is 6.14. The standard InChI is InChI=1S/C14H6Cl2F4O2/c15-8-4-2-6-10(12(8)16)22-13(21)11-7(14(18,19)20)3-1-5-9(11)17/h1-6H. The third kappa shape index (κ3) is 3.34. The van der Waals surface area contributed by atoms with Crippen molar-refractivity contribution in [2.24, 2.45) is 0 Å². The lowest BCUT2D eigenvalue weighted by molar-refractivity contribution is -0.138. The number of ether oxygens (including phenoxy) is 1. The first kappa shape index (κ1) is 16.6. The number of carbonyl (C=O) groups is 1. The van der Waals surface area contributed by atoms with Gasteiger partial charge in [-0.2, -0.15) is 13.2 Å². The summed E-state index contributed by atoms with van der Waals surface area (Å²) >= 11 is 11.5. The number of benzene rings is 2. The molecule has 0 aromatic heterocycles. The van der Waals surface area contributed by atoms with E-state index in [0.29, 0.717) is 6.07 Å². The number of carbonyl (C=O) groups excluding carboxylic acids is 1.